The zero-order valence-corrected chi connectivity index (χ0v) is 16.6. The molecule has 26 heavy (non-hydrogen) atoms. The molecule has 3 N–H and O–H groups in total. The molecule has 0 bridgehead atoms. The van der Waals surface area contributed by atoms with Crippen LogP contribution in [0.1, 0.15) is 44.4 Å². The van der Waals surface area contributed by atoms with Gasteiger partial charge in [0.25, 0.3) is 0 Å². The average molecular weight is 381 g/mol. The van der Waals surface area contributed by atoms with Crippen LogP contribution < -0.4 is 10.6 Å². The molecule has 0 spiro atoms. The lowest BCUT2D eigenvalue weighted by molar-refractivity contribution is 0.0778. The largest absolute Gasteiger partial charge is 0.468 e. The third-order valence-corrected chi connectivity index (χ3v) is 6.36. The standard InChI is InChI=1S/C19H32N4O2S/c1-2-20-18(22-14-19(24)8-12-26-15-19)21-13-16(17-7-6-11-25-17)23-9-4-3-5-10-23/h6-7,11,16,24H,2-5,8-10,12-15H2,1H3,(H2,20,21,22). The highest BCUT2D eigenvalue weighted by Gasteiger charge is 2.31. The lowest BCUT2D eigenvalue weighted by Crippen LogP contribution is -2.45. The average Bonchev–Trinajstić information content (AvgIpc) is 3.33. The summed E-state index contributed by atoms with van der Waals surface area (Å²) >= 11 is 1.80. The number of hydrogen-bond acceptors (Lipinski definition) is 5. The first-order chi connectivity index (χ1) is 12.7. The smallest absolute Gasteiger partial charge is 0.191 e. The van der Waals surface area contributed by atoms with Gasteiger partial charge in [-0.1, -0.05) is 6.42 Å². The molecule has 2 saturated heterocycles. The van der Waals surface area contributed by atoms with Gasteiger partial charge in [-0.15, -0.1) is 0 Å². The minimum absolute atomic E-state index is 0.208. The molecule has 146 valence electrons. The normalized spacial score (nSPS) is 26.0. The van der Waals surface area contributed by atoms with Crippen LogP contribution in [0.3, 0.4) is 0 Å². The van der Waals surface area contributed by atoms with Crippen LogP contribution in [0.5, 0.6) is 0 Å². The van der Waals surface area contributed by atoms with E-state index < -0.39 is 5.60 Å². The van der Waals surface area contributed by atoms with Gasteiger partial charge in [0, 0.05) is 18.8 Å². The van der Waals surface area contributed by atoms with E-state index in [1.165, 1.54) is 19.3 Å². The minimum Gasteiger partial charge on any atom is -0.468 e. The van der Waals surface area contributed by atoms with Gasteiger partial charge >= 0.3 is 0 Å². The summed E-state index contributed by atoms with van der Waals surface area (Å²) < 4.78 is 5.71. The fourth-order valence-electron chi connectivity index (χ4n) is 3.60. The first kappa shape index (κ1) is 19.6. The molecule has 3 heterocycles. The fourth-order valence-corrected chi connectivity index (χ4v) is 4.89. The van der Waals surface area contributed by atoms with Crippen molar-refractivity contribution in [3.63, 3.8) is 0 Å². The Hall–Kier alpha value is -1.18. The van der Waals surface area contributed by atoms with E-state index in [4.69, 9.17) is 4.42 Å². The van der Waals surface area contributed by atoms with Crippen molar-refractivity contribution in [2.24, 2.45) is 4.99 Å². The maximum Gasteiger partial charge on any atom is 0.191 e. The Labute approximate surface area is 160 Å². The second-order valence-electron chi connectivity index (χ2n) is 7.23. The van der Waals surface area contributed by atoms with Crippen LogP contribution in [-0.2, 0) is 0 Å². The number of piperidine rings is 1. The molecule has 0 radical (unpaired) electrons. The molecule has 7 heteroatoms. The van der Waals surface area contributed by atoms with Gasteiger partial charge in [0.1, 0.15) is 5.76 Å². The van der Waals surface area contributed by atoms with Gasteiger partial charge in [-0.25, -0.2) is 0 Å². The molecular weight excluding hydrogens is 348 g/mol. The number of nitrogens with one attached hydrogen (secondary N) is 2. The Kier molecular flexibility index (Phi) is 7.28. The Morgan fingerprint density at radius 2 is 2.23 bits per heavy atom. The van der Waals surface area contributed by atoms with E-state index in [0.29, 0.717) is 6.54 Å². The predicted molar refractivity (Wildman–Crippen MR) is 108 cm³/mol. The first-order valence-corrected chi connectivity index (χ1v) is 11.0. The van der Waals surface area contributed by atoms with Crippen LogP contribution in [0.25, 0.3) is 0 Å². The maximum absolute atomic E-state index is 10.5. The molecule has 6 nitrogen and oxygen atoms in total. The number of furan rings is 1. The summed E-state index contributed by atoms with van der Waals surface area (Å²) in [6.45, 7) is 6.27. The number of hydrogen-bond donors (Lipinski definition) is 3. The topological polar surface area (TPSA) is 73.0 Å². The third-order valence-electron chi connectivity index (χ3n) is 5.12. The van der Waals surface area contributed by atoms with Crippen molar-refractivity contribution in [1.29, 1.82) is 0 Å². The molecule has 2 aliphatic heterocycles. The molecule has 1 aromatic heterocycles. The summed E-state index contributed by atoms with van der Waals surface area (Å²) in [6.07, 6.45) is 6.38. The van der Waals surface area contributed by atoms with Crippen LogP contribution >= 0.6 is 11.8 Å². The minimum atomic E-state index is -0.652. The van der Waals surface area contributed by atoms with Crippen LogP contribution in [0, 0.1) is 0 Å². The molecule has 2 fully saturated rings. The molecular formula is C19H32N4O2S. The SMILES string of the molecule is CCNC(=NCC1(O)CCSC1)NCC(c1ccco1)N1CCCCC1. The number of aliphatic hydroxyl groups is 1. The lowest BCUT2D eigenvalue weighted by Gasteiger charge is -2.33. The van der Waals surface area contributed by atoms with E-state index in [1.807, 2.05) is 6.07 Å². The Bertz CT molecular complexity index is 552. The van der Waals surface area contributed by atoms with Crippen molar-refractivity contribution in [2.45, 2.75) is 44.2 Å². The second kappa shape index (κ2) is 9.67. The van der Waals surface area contributed by atoms with Crippen molar-refractivity contribution in [2.75, 3.05) is 44.2 Å². The number of thioether (sulfide) groups is 1. The number of guanidine groups is 1. The summed E-state index contributed by atoms with van der Waals surface area (Å²) in [5.41, 5.74) is -0.652. The van der Waals surface area contributed by atoms with Crippen LogP contribution in [0.2, 0.25) is 0 Å². The van der Waals surface area contributed by atoms with Crippen molar-refractivity contribution in [1.82, 2.24) is 15.5 Å². The first-order valence-electron chi connectivity index (χ1n) is 9.80. The molecule has 2 atom stereocenters. The zero-order valence-electron chi connectivity index (χ0n) is 15.7. The van der Waals surface area contributed by atoms with E-state index in [1.54, 1.807) is 18.0 Å². The lowest BCUT2D eigenvalue weighted by atomic mass is 10.0. The molecule has 2 unspecified atom stereocenters. The van der Waals surface area contributed by atoms with Gasteiger partial charge in [-0.05, 0) is 57.2 Å². The number of likely N-dealkylation sites (tertiary alicyclic amines) is 1. The van der Waals surface area contributed by atoms with Crippen molar-refractivity contribution in [3.8, 4) is 0 Å². The molecule has 2 aliphatic rings. The molecule has 0 saturated carbocycles. The van der Waals surface area contributed by atoms with E-state index in [9.17, 15) is 5.11 Å². The third kappa shape index (κ3) is 5.41. The highest BCUT2D eigenvalue weighted by atomic mass is 32.2. The number of nitrogens with zero attached hydrogens (tertiary/aromatic N) is 2. The molecule has 3 rings (SSSR count). The highest BCUT2D eigenvalue weighted by molar-refractivity contribution is 7.99. The Balaban J connectivity index is 1.62. The summed E-state index contributed by atoms with van der Waals surface area (Å²) in [4.78, 5) is 7.15. The quantitative estimate of drug-likeness (QED) is 0.498. The molecule has 0 amide bonds. The molecule has 0 aliphatic carbocycles. The number of aliphatic imine (C=N–C) groups is 1. The van der Waals surface area contributed by atoms with E-state index >= 15 is 0 Å². The highest BCUT2D eigenvalue weighted by Crippen LogP contribution is 2.28. The van der Waals surface area contributed by atoms with E-state index in [-0.39, 0.29) is 6.04 Å². The van der Waals surface area contributed by atoms with Gasteiger partial charge < -0.3 is 20.2 Å². The summed E-state index contributed by atoms with van der Waals surface area (Å²) in [7, 11) is 0. The predicted octanol–water partition coefficient (Wildman–Crippen LogP) is 2.23. The summed E-state index contributed by atoms with van der Waals surface area (Å²) in [5, 5.41) is 17.3. The fraction of sp³-hybridized carbons (Fsp3) is 0.737. The zero-order chi connectivity index (χ0) is 18.2. The van der Waals surface area contributed by atoms with Crippen LogP contribution in [-0.4, -0.2) is 65.8 Å². The second-order valence-corrected chi connectivity index (χ2v) is 8.34. The van der Waals surface area contributed by atoms with Gasteiger partial charge in [0.05, 0.1) is 24.5 Å². The van der Waals surface area contributed by atoms with Crippen molar-refractivity contribution < 1.29 is 9.52 Å². The van der Waals surface area contributed by atoms with Gasteiger partial charge in [0.15, 0.2) is 5.96 Å². The van der Waals surface area contributed by atoms with Crippen molar-refractivity contribution >= 4 is 17.7 Å². The monoisotopic (exact) mass is 380 g/mol. The number of rotatable bonds is 7. The van der Waals surface area contributed by atoms with Crippen LogP contribution in [0.4, 0.5) is 0 Å². The van der Waals surface area contributed by atoms with Crippen LogP contribution in [0.15, 0.2) is 27.8 Å². The Morgan fingerprint density at radius 3 is 2.88 bits per heavy atom. The van der Waals surface area contributed by atoms with Crippen molar-refractivity contribution in [3.05, 3.63) is 24.2 Å². The summed E-state index contributed by atoms with van der Waals surface area (Å²) in [5.74, 6) is 3.57. The molecule has 0 aromatic carbocycles. The molecule has 1 aromatic rings. The maximum atomic E-state index is 10.5. The van der Waals surface area contributed by atoms with E-state index in [0.717, 1.165) is 55.8 Å². The van der Waals surface area contributed by atoms with Gasteiger partial charge in [-0.3, -0.25) is 9.89 Å². The van der Waals surface area contributed by atoms with Gasteiger partial charge in [-0.2, -0.15) is 11.8 Å². The van der Waals surface area contributed by atoms with Gasteiger partial charge in [0.2, 0.25) is 0 Å². The van der Waals surface area contributed by atoms with E-state index in [2.05, 4.69) is 33.5 Å². The Morgan fingerprint density at radius 1 is 1.38 bits per heavy atom. The summed E-state index contributed by atoms with van der Waals surface area (Å²) in [6, 6.07) is 4.22.